The van der Waals surface area contributed by atoms with Gasteiger partial charge in [0.1, 0.15) is 0 Å². The molecule has 27 heavy (non-hydrogen) atoms. The van der Waals surface area contributed by atoms with Gasteiger partial charge in [0.25, 0.3) is 0 Å². The third-order valence-electron chi connectivity index (χ3n) is 5.97. The van der Waals surface area contributed by atoms with E-state index in [4.69, 9.17) is 4.74 Å². The lowest BCUT2D eigenvalue weighted by molar-refractivity contribution is -0.0284. The molecule has 0 aromatic heterocycles. The molecule has 3 aliphatic rings. The van der Waals surface area contributed by atoms with Gasteiger partial charge in [0.2, 0.25) is 0 Å². The molecule has 2 aliphatic heterocycles. The van der Waals surface area contributed by atoms with Gasteiger partial charge in [-0.1, -0.05) is 26.7 Å². The smallest absolute Gasteiger partial charge is 0.191 e. The van der Waals surface area contributed by atoms with Crippen molar-refractivity contribution in [3.63, 3.8) is 0 Å². The molecule has 0 amide bonds. The van der Waals surface area contributed by atoms with Crippen molar-refractivity contribution in [3.8, 4) is 0 Å². The van der Waals surface area contributed by atoms with Crippen LogP contribution in [0.4, 0.5) is 0 Å². The standard InChI is InChI=1S/C20H39N5O.HI/c1-16(2)13-24-10-11-26-19(15-24)12-22-20(21-3)23-17-8-9-25(14-17)18-6-4-5-7-18;/h16-19H,4-15H2,1-3H3,(H2,21,22,23);1H. The van der Waals surface area contributed by atoms with Gasteiger partial charge in [-0.15, -0.1) is 24.0 Å². The van der Waals surface area contributed by atoms with E-state index in [0.29, 0.717) is 12.0 Å². The monoisotopic (exact) mass is 493 g/mol. The fraction of sp³-hybridized carbons (Fsp3) is 0.950. The van der Waals surface area contributed by atoms with Gasteiger partial charge < -0.3 is 15.4 Å². The number of ether oxygens (including phenoxy) is 1. The van der Waals surface area contributed by atoms with Crippen LogP contribution in [0, 0.1) is 5.92 Å². The first-order chi connectivity index (χ1) is 12.6. The van der Waals surface area contributed by atoms with Crippen molar-refractivity contribution in [2.24, 2.45) is 10.9 Å². The second-order valence-corrected chi connectivity index (χ2v) is 8.66. The Balaban J connectivity index is 0.00000261. The van der Waals surface area contributed by atoms with Gasteiger partial charge in [0.15, 0.2) is 5.96 Å². The van der Waals surface area contributed by atoms with Crippen LogP contribution < -0.4 is 10.6 Å². The molecule has 0 aromatic rings. The number of guanidine groups is 1. The molecule has 0 spiro atoms. The normalized spacial score (nSPS) is 28.5. The van der Waals surface area contributed by atoms with Crippen LogP contribution in [0.2, 0.25) is 0 Å². The largest absolute Gasteiger partial charge is 0.374 e. The molecule has 158 valence electrons. The molecule has 3 fully saturated rings. The van der Waals surface area contributed by atoms with E-state index in [1.807, 2.05) is 7.05 Å². The lowest BCUT2D eigenvalue weighted by atomic mass is 10.2. The van der Waals surface area contributed by atoms with Crippen LogP contribution >= 0.6 is 24.0 Å². The molecule has 1 aliphatic carbocycles. The first-order valence-corrected chi connectivity index (χ1v) is 10.7. The fourth-order valence-electron chi connectivity index (χ4n) is 4.69. The summed E-state index contributed by atoms with van der Waals surface area (Å²) in [7, 11) is 1.87. The molecule has 0 radical (unpaired) electrons. The summed E-state index contributed by atoms with van der Waals surface area (Å²) in [6.45, 7) is 11.9. The van der Waals surface area contributed by atoms with Crippen LogP contribution in [-0.4, -0.2) is 86.9 Å². The maximum atomic E-state index is 5.94. The zero-order valence-corrected chi connectivity index (χ0v) is 19.8. The zero-order chi connectivity index (χ0) is 18.4. The van der Waals surface area contributed by atoms with Gasteiger partial charge >= 0.3 is 0 Å². The molecule has 0 aromatic carbocycles. The lowest BCUT2D eigenvalue weighted by Gasteiger charge is -2.34. The molecule has 2 saturated heterocycles. The van der Waals surface area contributed by atoms with Gasteiger partial charge in [-0.05, 0) is 25.2 Å². The van der Waals surface area contributed by atoms with Gasteiger partial charge in [-0.3, -0.25) is 14.8 Å². The van der Waals surface area contributed by atoms with E-state index in [2.05, 4.69) is 39.3 Å². The molecule has 0 bridgehead atoms. The van der Waals surface area contributed by atoms with Gasteiger partial charge in [-0.2, -0.15) is 0 Å². The minimum Gasteiger partial charge on any atom is -0.374 e. The number of nitrogens with one attached hydrogen (secondary N) is 2. The Morgan fingerprint density at radius 3 is 2.63 bits per heavy atom. The Bertz CT molecular complexity index is 456. The topological polar surface area (TPSA) is 52.1 Å². The zero-order valence-electron chi connectivity index (χ0n) is 17.5. The minimum absolute atomic E-state index is 0. The Morgan fingerprint density at radius 2 is 1.93 bits per heavy atom. The van der Waals surface area contributed by atoms with Crippen molar-refractivity contribution in [2.45, 2.75) is 64.1 Å². The number of aliphatic imine (C=N–C) groups is 1. The summed E-state index contributed by atoms with van der Waals surface area (Å²) in [6.07, 6.45) is 7.09. The number of morpholine rings is 1. The van der Waals surface area contributed by atoms with Crippen LogP contribution in [-0.2, 0) is 4.74 Å². The summed E-state index contributed by atoms with van der Waals surface area (Å²) < 4.78 is 5.94. The van der Waals surface area contributed by atoms with E-state index in [0.717, 1.165) is 51.3 Å². The Hall–Kier alpha value is -0.120. The molecule has 7 heteroatoms. The SMILES string of the molecule is CN=C(NCC1CN(CC(C)C)CCO1)NC1CCN(C2CCCC2)C1.I. The number of hydrogen-bond donors (Lipinski definition) is 2. The maximum absolute atomic E-state index is 5.94. The van der Waals surface area contributed by atoms with Crippen molar-refractivity contribution < 1.29 is 4.74 Å². The third-order valence-corrected chi connectivity index (χ3v) is 5.97. The van der Waals surface area contributed by atoms with E-state index < -0.39 is 0 Å². The molecule has 2 N–H and O–H groups in total. The summed E-state index contributed by atoms with van der Waals surface area (Å²) in [4.78, 5) is 9.64. The number of hydrogen-bond acceptors (Lipinski definition) is 4. The van der Waals surface area contributed by atoms with Gasteiger partial charge in [0, 0.05) is 58.4 Å². The van der Waals surface area contributed by atoms with E-state index in [1.165, 1.54) is 38.6 Å². The number of likely N-dealkylation sites (tertiary alicyclic amines) is 1. The Kier molecular flexibility index (Phi) is 10.1. The second kappa shape index (κ2) is 11.8. The predicted molar refractivity (Wildman–Crippen MR) is 123 cm³/mol. The maximum Gasteiger partial charge on any atom is 0.191 e. The Morgan fingerprint density at radius 1 is 1.15 bits per heavy atom. The predicted octanol–water partition coefficient (Wildman–Crippen LogP) is 2.14. The fourth-order valence-corrected chi connectivity index (χ4v) is 4.69. The average molecular weight is 493 g/mol. The van der Waals surface area contributed by atoms with Gasteiger partial charge in [-0.25, -0.2) is 0 Å². The number of rotatable bonds is 6. The van der Waals surface area contributed by atoms with Crippen LogP contribution in [0.25, 0.3) is 0 Å². The molecule has 2 heterocycles. The van der Waals surface area contributed by atoms with Crippen LogP contribution in [0.5, 0.6) is 0 Å². The summed E-state index contributed by atoms with van der Waals surface area (Å²) in [5, 5.41) is 7.12. The van der Waals surface area contributed by atoms with E-state index in [1.54, 1.807) is 0 Å². The number of halogens is 1. The molecule has 2 unspecified atom stereocenters. The third kappa shape index (κ3) is 7.33. The van der Waals surface area contributed by atoms with E-state index in [9.17, 15) is 0 Å². The first-order valence-electron chi connectivity index (χ1n) is 10.7. The Labute approximate surface area is 182 Å². The van der Waals surface area contributed by atoms with Crippen LogP contribution in [0.3, 0.4) is 0 Å². The van der Waals surface area contributed by atoms with E-state index in [-0.39, 0.29) is 30.1 Å². The highest BCUT2D eigenvalue weighted by Gasteiger charge is 2.30. The molecular formula is C20H40IN5O. The number of nitrogens with zero attached hydrogens (tertiary/aromatic N) is 3. The first kappa shape index (κ1) is 23.2. The molecule has 6 nitrogen and oxygen atoms in total. The highest BCUT2D eigenvalue weighted by molar-refractivity contribution is 14.0. The summed E-state index contributed by atoms with van der Waals surface area (Å²) in [5.74, 6) is 1.63. The second-order valence-electron chi connectivity index (χ2n) is 8.66. The lowest BCUT2D eigenvalue weighted by Crippen LogP contribution is -2.51. The van der Waals surface area contributed by atoms with Crippen molar-refractivity contribution in [1.29, 1.82) is 0 Å². The quantitative estimate of drug-likeness (QED) is 0.338. The summed E-state index contributed by atoms with van der Waals surface area (Å²) in [6, 6.07) is 1.35. The summed E-state index contributed by atoms with van der Waals surface area (Å²) >= 11 is 0. The van der Waals surface area contributed by atoms with Crippen LogP contribution in [0.1, 0.15) is 46.0 Å². The van der Waals surface area contributed by atoms with Crippen molar-refractivity contribution in [1.82, 2.24) is 20.4 Å². The van der Waals surface area contributed by atoms with Gasteiger partial charge in [0.05, 0.1) is 12.7 Å². The molecule has 2 atom stereocenters. The molecule has 1 saturated carbocycles. The van der Waals surface area contributed by atoms with Crippen LogP contribution in [0.15, 0.2) is 4.99 Å². The molecular weight excluding hydrogens is 453 g/mol. The average Bonchev–Trinajstić information content (AvgIpc) is 3.29. The van der Waals surface area contributed by atoms with E-state index >= 15 is 0 Å². The highest BCUT2D eigenvalue weighted by atomic mass is 127. The van der Waals surface area contributed by atoms with Crippen molar-refractivity contribution in [2.75, 3.05) is 52.9 Å². The highest BCUT2D eigenvalue weighted by Crippen LogP contribution is 2.26. The summed E-state index contributed by atoms with van der Waals surface area (Å²) in [5.41, 5.74) is 0. The van der Waals surface area contributed by atoms with Crippen molar-refractivity contribution in [3.05, 3.63) is 0 Å². The van der Waals surface area contributed by atoms with Crippen molar-refractivity contribution >= 4 is 29.9 Å². The minimum atomic E-state index is 0. The molecule has 3 rings (SSSR count).